The lowest BCUT2D eigenvalue weighted by molar-refractivity contribution is -0.0486. The van der Waals surface area contributed by atoms with Crippen LogP contribution in [0, 0.1) is 0 Å². The molecule has 21 heavy (non-hydrogen) atoms. The number of benzene rings is 1. The van der Waals surface area contributed by atoms with Crippen molar-refractivity contribution in [2.45, 2.75) is 19.1 Å². The second-order valence-electron chi connectivity index (χ2n) is 5.17. The first kappa shape index (κ1) is 14.1. The fourth-order valence-corrected chi connectivity index (χ4v) is 2.68. The maximum absolute atomic E-state index is 12.5. The third kappa shape index (κ3) is 2.94. The third-order valence-electron chi connectivity index (χ3n) is 3.66. The topological polar surface area (TPSA) is 58.2 Å². The van der Waals surface area contributed by atoms with Crippen LogP contribution in [0.15, 0.2) is 36.7 Å². The second-order valence-corrected chi connectivity index (χ2v) is 5.61. The summed E-state index contributed by atoms with van der Waals surface area (Å²) in [6.45, 7) is 2.98. The maximum Gasteiger partial charge on any atom is 0.257 e. The number of rotatable bonds is 2. The monoisotopic (exact) mass is 305 g/mol. The van der Waals surface area contributed by atoms with Gasteiger partial charge in [-0.1, -0.05) is 23.7 Å². The Kier molecular flexibility index (Phi) is 3.94. The van der Waals surface area contributed by atoms with E-state index in [9.17, 15) is 4.79 Å². The molecule has 2 aromatic rings. The Hall–Kier alpha value is -1.85. The van der Waals surface area contributed by atoms with E-state index in [1.54, 1.807) is 12.4 Å². The highest BCUT2D eigenvalue weighted by molar-refractivity contribution is 6.30. The Morgan fingerprint density at radius 2 is 2.38 bits per heavy atom. The lowest BCUT2D eigenvalue weighted by Crippen LogP contribution is -2.48. The van der Waals surface area contributed by atoms with E-state index in [0.29, 0.717) is 23.7 Å². The number of hydrogen-bond acceptors (Lipinski definition) is 3. The van der Waals surface area contributed by atoms with Crippen LogP contribution in [0.5, 0.6) is 0 Å². The molecule has 110 valence electrons. The number of nitrogens with zero attached hydrogens (tertiary/aromatic N) is 2. The van der Waals surface area contributed by atoms with E-state index in [2.05, 4.69) is 10.2 Å². The van der Waals surface area contributed by atoms with E-state index in [-0.39, 0.29) is 18.1 Å². The number of halogens is 1. The zero-order chi connectivity index (χ0) is 14.8. The Morgan fingerprint density at radius 1 is 1.52 bits per heavy atom. The van der Waals surface area contributed by atoms with E-state index in [1.807, 2.05) is 36.1 Å². The number of carbonyl (C=O) groups is 1. The number of nitrogens with one attached hydrogen (secondary N) is 1. The molecule has 0 bridgehead atoms. The van der Waals surface area contributed by atoms with Gasteiger partial charge in [0.1, 0.15) is 6.10 Å². The van der Waals surface area contributed by atoms with Gasteiger partial charge in [-0.05, 0) is 24.6 Å². The molecule has 2 unspecified atom stereocenters. The molecule has 2 heterocycles. The molecule has 1 aliphatic heterocycles. The summed E-state index contributed by atoms with van der Waals surface area (Å²) in [7, 11) is 0. The van der Waals surface area contributed by atoms with Gasteiger partial charge in [-0.15, -0.1) is 0 Å². The van der Waals surface area contributed by atoms with Gasteiger partial charge in [-0.2, -0.15) is 5.10 Å². The van der Waals surface area contributed by atoms with Crippen LogP contribution in [0.25, 0.3) is 0 Å². The van der Waals surface area contributed by atoms with E-state index in [0.717, 1.165) is 5.56 Å². The molecule has 2 atom stereocenters. The molecule has 1 fully saturated rings. The lowest BCUT2D eigenvalue weighted by atomic mass is 10.1. The zero-order valence-corrected chi connectivity index (χ0v) is 12.4. The molecular formula is C15H16ClN3O2. The standard InChI is InChI=1S/C15H16ClN3O2/c1-10-9-21-14(11-3-2-4-13(16)5-11)8-19(10)15(20)12-6-17-18-7-12/h2-7,10,14H,8-9H2,1H3,(H,17,18). The van der Waals surface area contributed by atoms with Crippen LogP contribution in [0.3, 0.4) is 0 Å². The summed E-state index contributed by atoms with van der Waals surface area (Å²) < 4.78 is 5.85. The number of morpholine rings is 1. The van der Waals surface area contributed by atoms with Crippen molar-refractivity contribution in [1.29, 1.82) is 0 Å². The molecule has 6 heteroatoms. The van der Waals surface area contributed by atoms with Crippen LogP contribution in [-0.2, 0) is 4.74 Å². The van der Waals surface area contributed by atoms with Gasteiger partial charge in [0, 0.05) is 11.2 Å². The minimum Gasteiger partial charge on any atom is -0.370 e. The van der Waals surface area contributed by atoms with Crippen LogP contribution in [0.2, 0.25) is 5.02 Å². The summed E-state index contributed by atoms with van der Waals surface area (Å²) in [6.07, 6.45) is 2.99. The first-order valence-corrected chi connectivity index (χ1v) is 7.20. The van der Waals surface area contributed by atoms with E-state index < -0.39 is 0 Å². The summed E-state index contributed by atoms with van der Waals surface area (Å²) in [5, 5.41) is 7.17. The van der Waals surface area contributed by atoms with Crippen molar-refractivity contribution >= 4 is 17.5 Å². The second kappa shape index (κ2) is 5.87. The molecule has 1 aliphatic rings. The highest BCUT2D eigenvalue weighted by atomic mass is 35.5. The molecule has 1 saturated heterocycles. The van der Waals surface area contributed by atoms with Crippen LogP contribution >= 0.6 is 11.6 Å². The van der Waals surface area contributed by atoms with E-state index >= 15 is 0 Å². The number of aromatic amines is 1. The predicted octanol–water partition coefficient (Wildman–Crippen LogP) is 2.67. The van der Waals surface area contributed by atoms with Crippen LogP contribution in [0.1, 0.15) is 28.9 Å². The van der Waals surface area contributed by atoms with Gasteiger partial charge in [0.25, 0.3) is 5.91 Å². The summed E-state index contributed by atoms with van der Waals surface area (Å²) in [6, 6.07) is 7.59. The first-order valence-electron chi connectivity index (χ1n) is 6.82. The highest BCUT2D eigenvalue weighted by Crippen LogP contribution is 2.27. The Balaban J connectivity index is 1.80. The van der Waals surface area contributed by atoms with Crippen molar-refractivity contribution in [2.75, 3.05) is 13.2 Å². The van der Waals surface area contributed by atoms with Gasteiger partial charge >= 0.3 is 0 Å². The summed E-state index contributed by atoms with van der Waals surface area (Å²) in [5.74, 6) is -0.0356. The molecule has 0 radical (unpaired) electrons. The minimum absolute atomic E-state index is 0.0304. The minimum atomic E-state index is -0.157. The Labute approximate surface area is 127 Å². The van der Waals surface area contributed by atoms with Crippen molar-refractivity contribution in [2.24, 2.45) is 0 Å². The Bertz CT molecular complexity index is 630. The van der Waals surface area contributed by atoms with Gasteiger partial charge in [-0.3, -0.25) is 9.89 Å². The fourth-order valence-electron chi connectivity index (χ4n) is 2.48. The van der Waals surface area contributed by atoms with E-state index in [1.165, 1.54) is 0 Å². The van der Waals surface area contributed by atoms with Crippen LogP contribution in [0.4, 0.5) is 0 Å². The van der Waals surface area contributed by atoms with Gasteiger partial charge in [0.2, 0.25) is 0 Å². The van der Waals surface area contributed by atoms with Gasteiger partial charge in [-0.25, -0.2) is 0 Å². The normalized spacial score (nSPS) is 22.3. The lowest BCUT2D eigenvalue weighted by Gasteiger charge is -2.38. The van der Waals surface area contributed by atoms with Crippen LogP contribution in [-0.4, -0.2) is 40.2 Å². The zero-order valence-electron chi connectivity index (χ0n) is 11.6. The molecule has 1 N–H and O–H groups in total. The Morgan fingerprint density at radius 3 is 3.10 bits per heavy atom. The van der Waals surface area contributed by atoms with E-state index in [4.69, 9.17) is 16.3 Å². The third-order valence-corrected chi connectivity index (χ3v) is 3.89. The molecule has 0 aliphatic carbocycles. The largest absolute Gasteiger partial charge is 0.370 e. The number of aromatic nitrogens is 2. The van der Waals surface area contributed by atoms with Crippen molar-refractivity contribution < 1.29 is 9.53 Å². The molecule has 3 rings (SSSR count). The molecule has 1 aromatic carbocycles. The number of carbonyl (C=O) groups excluding carboxylic acids is 1. The van der Waals surface area contributed by atoms with Crippen molar-refractivity contribution in [1.82, 2.24) is 15.1 Å². The number of hydrogen-bond donors (Lipinski definition) is 1. The molecule has 0 saturated carbocycles. The molecule has 5 nitrogen and oxygen atoms in total. The van der Waals surface area contributed by atoms with Gasteiger partial charge in [0.15, 0.2) is 0 Å². The molecular weight excluding hydrogens is 290 g/mol. The number of amides is 1. The molecule has 1 aromatic heterocycles. The highest BCUT2D eigenvalue weighted by Gasteiger charge is 2.31. The van der Waals surface area contributed by atoms with Crippen molar-refractivity contribution in [3.63, 3.8) is 0 Å². The number of ether oxygens (including phenoxy) is 1. The van der Waals surface area contributed by atoms with Crippen LogP contribution < -0.4 is 0 Å². The quantitative estimate of drug-likeness (QED) is 0.928. The SMILES string of the molecule is CC1COC(c2cccc(Cl)c2)CN1C(=O)c1cn[nH]c1. The van der Waals surface area contributed by atoms with Gasteiger partial charge in [0.05, 0.1) is 31.0 Å². The smallest absolute Gasteiger partial charge is 0.257 e. The summed E-state index contributed by atoms with van der Waals surface area (Å²) >= 11 is 6.02. The first-order chi connectivity index (χ1) is 10.1. The molecule has 1 amide bonds. The average molecular weight is 306 g/mol. The summed E-state index contributed by atoms with van der Waals surface area (Å²) in [4.78, 5) is 14.3. The average Bonchev–Trinajstić information content (AvgIpc) is 3.01. The maximum atomic E-state index is 12.5. The van der Waals surface area contributed by atoms with Crippen molar-refractivity contribution in [3.05, 3.63) is 52.8 Å². The fraction of sp³-hybridized carbons (Fsp3) is 0.333. The summed E-state index contributed by atoms with van der Waals surface area (Å²) in [5.41, 5.74) is 1.55. The van der Waals surface area contributed by atoms with Gasteiger partial charge < -0.3 is 9.64 Å². The predicted molar refractivity (Wildman–Crippen MR) is 79.2 cm³/mol. The molecule has 0 spiro atoms. The van der Waals surface area contributed by atoms with Crippen molar-refractivity contribution in [3.8, 4) is 0 Å². The number of H-pyrrole nitrogens is 1.